The van der Waals surface area contributed by atoms with Crippen molar-refractivity contribution in [2.45, 2.75) is 115 Å². The van der Waals surface area contributed by atoms with Gasteiger partial charge in [0.15, 0.2) is 9.84 Å². The van der Waals surface area contributed by atoms with E-state index < -0.39 is 9.84 Å². The molecule has 1 rings (SSSR count). The van der Waals surface area contributed by atoms with Crippen LogP contribution >= 0.6 is 0 Å². The van der Waals surface area contributed by atoms with E-state index in [4.69, 9.17) is 0 Å². The van der Waals surface area contributed by atoms with E-state index in [2.05, 4.69) is 27.7 Å². The zero-order valence-corrected chi connectivity index (χ0v) is 19.6. The second kappa shape index (κ2) is 14.2. The summed E-state index contributed by atoms with van der Waals surface area (Å²) in [6.07, 6.45) is 14.0. The molecule has 0 N–H and O–H groups in total. The maximum absolute atomic E-state index is 13.1. The Morgan fingerprint density at radius 3 is 1.93 bits per heavy atom. The molecule has 0 heterocycles. The highest BCUT2D eigenvalue weighted by atomic mass is 32.2. The van der Waals surface area contributed by atoms with E-state index in [1.54, 1.807) is 12.1 Å². The molecule has 0 aliphatic heterocycles. The van der Waals surface area contributed by atoms with Crippen molar-refractivity contribution in [3.05, 3.63) is 30.3 Å². The van der Waals surface area contributed by atoms with Crippen molar-refractivity contribution in [2.75, 3.05) is 0 Å². The van der Waals surface area contributed by atoms with Crippen molar-refractivity contribution in [1.82, 2.24) is 0 Å². The highest BCUT2D eigenvalue weighted by Crippen LogP contribution is 2.27. The second-order valence-corrected chi connectivity index (χ2v) is 11.0. The molecule has 0 aliphatic carbocycles. The maximum Gasteiger partial charge on any atom is 0.181 e. The van der Waals surface area contributed by atoms with Crippen LogP contribution in [0, 0.1) is 11.8 Å². The minimum atomic E-state index is -3.22. The zero-order valence-electron chi connectivity index (χ0n) is 18.8. The number of rotatable bonds is 16. The van der Waals surface area contributed by atoms with E-state index in [1.165, 1.54) is 44.9 Å². The summed E-state index contributed by atoms with van der Waals surface area (Å²) in [5, 5.41) is -0.237. The molecule has 0 spiro atoms. The van der Waals surface area contributed by atoms with Crippen LogP contribution in [0.3, 0.4) is 0 Å². The highest BCUT2D eigenvalue weighted by Gasteiger charge is 2.28. The zero-order chi connectivity index (χ0) is 20.8. The molecule has 0 bridgehead atoms. The molecular weight excluding hydrogens is 364 g/mol. The first-order valence-electron chi connectivity index (χ1n) is 11.7. The third-order valence-electron chi connectivity index (χ3n) is 6.15. The lowest BCUT2D eigenvalue weighted by molar-refractivity contribution is 0.435. The van der Waals surface area contributed by atoms with Gasteiger partial charge in [0.2, 0.25) is 0 Å². The molecule has 3 atom stereocenters. The quantitative estimate of drug-likeness (QED) is 0.261. The highest BCUT2D eigenvalue weighted by molar-refractivity contribution is 7.92. The van der Waals surface area contributed by atoms with Gasteiger partial charge in [0.25, 0.3) is 0 Å². The first-order chi connectivity index (χ1) is 13.4. The molecule has 0 saturated carbocycles. The van der Waals surface area contributed by atoms with Gasteiger partial charge in [-0.25, -0.2) is 8.42 Å². The average Bonchev–Trinajstić information content (AvgIpc) is 2.70. The molecule has 0 saturated heterocycles. The van der Waals surface area contributed by atoms with Crippen LogP contribution < -0.4 is 0 Å². The van der Waals surface area contributed by atoms with E-state index in [1.807, 2.05) is 18.2 Å². The molecule has 0 amide bonds. The molecule has 0 unspecified atom stereocenters. The van der Waals surface area contributed by atoms with Crippen LogP contribution in [0.15, 0.2) is 35.2 Å². The van der Waals surface area contributed by atoms with Crippen molar-refractivity contribution in [3.8, 4) is 0 Å². The van der Waals surface area contributed by atoms with E-state index in [0.717, 1.165) is 38.0 Å². The summed E-state index contributed by atoms with van der Waals surface area (Å²) in [6.45, 7) is 8.97. The lowest BCUT2D eigenvalue weighted by Gasteiger charge is -2.21. The molecule has 2 nitrogen and oxygen atoms in total. The summed E-state index contributed by atoms with van der Waals surface area (Å²) < 4.78 is 26.2. The van der Waals surface area contributed by atoms with Gasteiger partial charge in [-0.1, -0.05) is 110 Å². The number of sulfone groups is 1. The second-order valence-electron chi connectivity index (χ2n) is 8.82. The van der Waals surface area contributed by atoms with Gasteiger partial charge in [0.1, 0.15) is 0 Å². The number of benzene rings is 1. The molecule has 162 valence electrons. The molecule has 3 heteroatoms. The fourth-order valence-corrected chi connectivity index (χ4v) is 5.89. The standard InChI is InChI=1S/C25H44O2S/c1-5-7-16-23(4)17-12-9-8-10-13-20-25(21-22(3)6-2)28(26,27)24-18-14-11-15-19-24/h11,14-15,18-19,22-23,25H,5-10,12-13,16-17,20-21H2,1-4H3/t22-,23-,25+/m0/s1. The van der Waals surface area contributed by atoms with Crippen LogP contribution in [0.4, 0.5) is 0 Å². The predicted octanol–water partition coefficient (Wildman–Crippen LogP) is 7.82. The lowest BCUT2D eigenvalue weighted by Crippen LogP contribution is -2.24. The summed E-state index contributed by atoms with van der Waals surface area (Å²) in [5.41, 5.74) is 0. The SMILES string of the molecule is CCCC[C@H](C)CCCCCCC[C@H](C[C@@H](C)CC)S(=O)(=O)c1ccccc1. The van der Waals surface area contributed by atoms with Crippen molar-refractivity contribution in [2.24, 2.45) is 11.8 Å². The van der Waals surface area contributed by atoms with Crippen LogP contribution in [0.1, 0.15) is 105 Å². The summed E-state index contributed by atoms with van der Waals surface area (Å²) in [4.78, 5) is 0.490. The number of hydrogen-bond donors (Lipinski definition) is 0. The largest absolute Gasteiger partial charge is 0.223 e. The molecule has 1 aromatic rings. The molecule has 1 aromatic carbocycles. The fourth-order valence-electron chi connectivity index (χ4n) is 3.91. The van der Waals surface area contributed by atoms with Gasteiger partial charge < -0.3 is 0 Å². The van der Waals surface area contributed by atoms with Gasteiger partial charge in [0, 0.05) is 0 Å². The minimum Gasteiger partial charge on any atom is -0.223 e. The molecule has 0 radical (unpaired) electrons. The van der Waals surface area contributed by atoms with Crippen LogP contribution in [0.25, 0.3) is 0 Å². The Morgan fingerprint density at radius 2 is 1.32 bits per heavy atom. The monoisotopic (exact) mass is 408 g/mol. The molecule has 0 fully saturated rings. The normalized spacial score (nSPS) is 15.3. The van der Waals surface area contributed by atoms with Crippen molar-refractivity contribution < 1.29 is 8.42 Å². The topological polar surface area (TPSA) is 34.1 Å². The van der Waals surface area contributed by atoms with Crippen molar-refractivity contribution >= 4 is 9.84 Å². The Bertz CT molecular complexity index is 594. The maximum atomic E-state index is 13.1. The molecule has 0 aliphatic rings. The van der Waals surface area contributed by atoms with Crippen LogP contribution in [-0.2, 0) is 9.84 Å². The Labute approximate surface area is 175 Å². The third-order valence-corrected chi connectivity index (χ3v) is 8.38. The smallest absolute Gasteiger partial charge is 0.181 e. The molecule has 0 aromatic heterocycles. The summed E-state index contributed by atoms with van der Waals surface area (Å²) in [5.74, 6) is 1.31. The third kappa shape index (κ3) is 9.58. The van der Waals surface area contributed by atoms with E-state index >= 15 is 0 Å². The summed E-state index contributed by atoms with van der Waals surface area (Å²) >= 11 is 0. The summed E-state index contributed by atoms with van der Waals surface area (Å²) in [7, 11) is -3.22. The fraction of sp³-hybridized carbons (Fsp3) is 0.760. The Hall–Kier alpha value is -0.830. The van der Waals surface area contributed by atoms with Crippen LogP contribution in [0.5, 0.6) is 0 Å². The van der Waals surface area contributed by atoms with Gasteiger partial charge >= 0.3 is 0 Å². The first-order valence-corrected chi connectivity index (χ1v) is 13.2. The van der Waals surface area contributed by atoms with Crippen LogP contribution in [0.2, 0.25) is 0 Å². The van der Waals surface area contributed by atoms with E-state index in [0.29, 0.717) is 10.8 Å². The van der Waals surface area contributed by atoms with Crippen LogP contribution in [-0.4, -0.2) is 13.7 Å². The van der Waals surface area contributed by atoms with Gasteiger partial charge in [-0.3, -0.25) is 0 Å². The van der Waals surface area contributed by atoms with Gasteiger partial charge in [-0.05, 0) is 36.8 Å². The van der Waals surface area contributed by atoms with Crippen molar-refractivity contribution in [3.63, 3.8) is 0 Å². The van der Waals surface area contributed by atoms with Gasteiger partial charge in [-0.15, -0.1) is 0 Å². The Kier molecular flexibility index (Phi) is 12.8. The van der Waals surface area contributed by atoms with Gasteiger partial charge in [0.05, 0.1) is 10.1 Å². The Balaban J connectivity index is 2.43. The van der Waals surface area contributed by atoms with Gasteiger partial charge in [-0.2, -0.15) is 0 Å². The molecule has 28 heavy (non-hydrogen) atoms. The minimum absolute atomic E-state index is 0.237. The van der Waals surface area contributed by atoms with Crippen molar-refractivity contribution in [1.29, 1.82) is 0 Å². The van der Waals surface area contributed by atoms with E-state index in [9.17, 15) is 8.42 Å². The Morgan fingerprint density at radius 1 is 0.750 bits per heavy atom. The molecular formula is C25H44O2S. The lowest BCUT2D eigenvalue weighted by atomic mass is 9.96. The average molecular weight is 409 g/mol. The predicted molar refractivity (Wildman–Crippen MR) is 122 cm³/mol. The first kappa shape index (κ1) is 25.2. The number of unbranched alkanes of at least 4 members (excludes halogenated alkanes) is 5. The number of hydrogen-bond acceptors (Lipinski definition) is 2. The summed E-state index contributed by atoms with van der Waals surface area (Å²) in [6, 6.07) is 9.03. The van der Waals surface area contributed by atoms with E-state index in [-0.39, 0.29) is 5.25 Å².